The second-order valence-electron chi connectivity index (χ2n) is 6.05. The van der Waals surface area contributed by atoms with E-state index in [0.29, 0.717) is 10.6 Å². The number of ketones is 2. The van der Waals surface area contributed by atoms with Gasteiger partial charge in [-0.05, 0) is 30.7 Å². The first-order chi connectivity index (χ1) is 13.1. The smallest absolute Gasteiger partial charge is 0.221 e. The molecule has 4 rings (SSSR count). The minimum atomic E-state index is -0.0765. The van der Waals surface area contributed by atoms with Gasteiger partial charge in [-0.1, -0.05) is 24.3 Å². The molecular formula is C21H15N3O2S. The highest BCUT2D eigenvalue weighted by Crippen LogP contribution is 2.26. The zero-order chi connectivity index (χ0) is 18.8. The number of aromatic amines is 1. The third-order valence-electron chi connectivity index (χ3n) is 4.17. The van der Waals surface area contributed by atoms with Crippen molar-refractivity contribution in [1.82, 2.24) is 15.0 Å². The maximum absolute atomic E-state index is 12.4. The molecule has 0 unspecified atom stereocenters. The Balaban J connectivity index is 1.67. The molecule has 0 saturated heterocycles. The van der Waals surface area contributed by atoms with Crippen molar-refractivity contribution in [3.05, 3.63) is 76.5 Å². The van der Waals surface area contributed by atoms with E-state index >= 15 is 0 Å². The lowest BCUT2D eigenvalue weighted by atomic mass is 10.0. The van der Waals surface area contributed by atoms with Crippen LogP contribution in [0.2, 0.25) is 0 Å². The molecule has 0 aliphatic heterocycles. The first-order valence-electron chi connectivity index (χ1n) is 8.32. The van der Waals surface area contributed by atoms with Gasteiger partial charge in [0, 0.05) is 46.0 Å². The van der Waals surface area contributed by atoms with Crippen LogP contribution in [0.5, 0.6) is 0 Å². The molecule has 0 radical (unpaired) electrons. The highest BCUT2D eigenvalue weighted by Gasteiger charge is 2.12. The third kappa shape index (κ3) is 3.47. The molecule has 0 bridgehead atoms. The fraction of sp³-hybridized carbons (Fsp3) is 0.0476. The molecule has 3 heterocycles. The Morgan fingerprint density at radius 2 is 1.93 bits per heavy atom. The third-order valence-corrected chi connectivity index (χ3v) is 4.94. The van der Waals surface area contributed by atoms with Gasteiger partial charge in [0.05, 0.1) is 0 Å². The number of benzene rings is 1. The van der Waals surface area contributed by atoms with Crippen molar-refractivity contribution >= 4 is 40.0 Å². The second kappa shape index (κ2) is 7.09. The number of allylic oxidation sites excluding steroid dienone is 1. The molecule has 0 aliphatic carbocycles. The zero-order valence-electron chi connectivity index (χ0n) is 14.5. The Hall–Kier alpha value is -3.38. The van der Waals surface area contributed by atoms with Crippen LogP contribution in [0.15, 0.2) is 60.4 Å². The Bertz CT molecular complexity index is 1160. The number of hydrogen-bond acceptors (Lipinski definition) is 5. The van der Waals surface area contributed by atoms with E-state index in [2.05, 4.69) is 15.0 Å². The van der Waals surface area contributed by atoms with Crippen molar-refractivity contribution in [2.75, 3.05) is 0 Å². The number of rotatable bonds is 5. The standard InChI is InChI=1S/C21H15N3O2S/c1-13(25)2-3-16-11-23-20-18(16)10-17(12-24-20)14-4-6-15(7-5-14)19(26)21-22-8-9-27-21/h2-12H,1H3,(H,23,24)/b3-2+. The molecule has 0 fully saturated rings. The summed E-state index contributed by atoms with van der Waals surface area (Å²) in [7, 11) is 0. The molecule has 0 saturated carbocycles. The van der Waals surface area contributed by atoms with Gasteiger partial charge in [0.1, 0.15) is 5.65 Å². The fourth-order valence-corrected chi connectivity index (χ4v) is 3.40. The summed E-state index contributed by atoms with van der Waals surface area (Å²) in [5.41, 5.74) is 4.17. The molecule has 27 heavy (non-hydrogen) atoms. The van der Waals surface area contributed by atoms with Crippen LogP contribution < -0.4 is 0 Å². The fourth-order valence-electron chi connectivity index (χ4n) is 2.80. The van der Waals surface area contributed by atoms with Crippen LogP contribution in [0.4, 0.5) is 0 Å². The molecule has 4 aromatic rings. The average Bonchev–Trinajstić information content (AvgIpc) is 3.35. The number of nitrogens with one attached hydrogen (secondary N) is 1. The summed E-state index contributed by atoms with van der Waals surface area (Å²) in [6.07, 6.45) is 8.56. The van der Waals surface area contributed by atoms with Gasteiger partial charge in [0.2, 0.25) is 5.78 Å². The lowest BCUT2D eigenvalue weighted by molar-refractivity contribution is -0.112. The van der Waals surface area contributed by atoms with Crippen LogP contribution in [0.25, 0.3) is 28.2 Å². The molecule has 6 heteroatoms. The predicted molar refractivity (Wildman–Crippen MR) is 107 cm³/mol. The SMILES string of the molecule is CC(=O)/C=C/c1c[nH]c2ncc(-c3ccc(C(=O)c4nccs4)cc3)cc12. The topological polar surface area (TPSA) is 75.7 Å². The Morgan fingerprint density at radius 3 is 2.63 bits per heavy atom. The number of fused-ring (bicyclic) bond motifs is 1. The van der Waals surface area contributed by atoms with Crippen LogP contribution in [-0.2, 0) is 4.79 Å². The number of hydrogen-bond donors (Lipinski definition) is 1. The molecule has 3 aromatic heterocycles. The Labute approximate surface area is 159 Å². The minimum Gasteiger partial charge on any atom is -0.346 e. The minimum absolute atomic E-state index is 0.00560. The predicted octanol–water partition coefficient (Wildman–Crippen LogP) is 4.52. The number of nitrogens with zero attached hydrogens (tertiary/aromatic N) is 2. The number of aromatic nitrogens is 3. The molecule has 5 nitrogen and oxygen atoms in total. The second-order valence-corrected chi connectivity index (χ2v) is 6.95. The summed E-state index contributed by atoms with van der Waals surface area (Å²) >= 11 is 1.33. The number of pyridine rings is 1. The van der Waals surface area contributed by atoms with Gasteiger partial charge in [-0.25, -0.2) is 9.97 Å². The van der Waals surface area contributed by atoms with E-state index in [1.54, 1.807) is 36.0 Å². The van der Waals surface area contributed by atoms with E-state index in [0.717, 1.165) is 27.7 Å². The number of H-pyrrole nitrogens is 1. The first-order valence-corrected chi connectivity index (χ1v) is 9.20. The van der Waals surface area contributed by atoms with Crippen molar-refractivity contribution in [2.45, 2.75) is 6.92 Å². The Kier molecular flexibility index (Phi) is 4.48. The van der Waals surface area contributed by atoms with E-state index in [1.807, 2.05) is 24.4 Å². The summed E-state index contributed by atoms with van der Waals surface area (Å²) < 4.78 is 0. The van der Waals surface area contributed by atoms with Gasteiger partial charge in [-0.3, -0.25) is 9.59 Å². The van der Waals surface area contributed by atoms with Gasteiger partial charge >= 0.3 is 0 Å². The van der Waals surface area contributed by atoms with Crippen molar-refractivity contribution < 1.29 is 9.59 Å². The summed E-state index contributed by atoms with van der Waals surface area (Å²) in [6.45, 7) is 1.52. The van der Waals surface area contributed by atoms with Crippen molar-refractivity contribution in [3.63, 3.8) is 0 Å². The van der Waals surface area contributed by atoms with Crippen LogP contribution in [-0.4, -0.2) is 26.5 Å². The van der Waals surface area contributed by atoms with Crippen LogP contribution in [0, 0.1) is 0 Å². The Morgan fingerprint density at radius 1 is 1.11 bits per heavy atom. The molecule has 0 aliphatic rings. The van der Waals surface area contributed by atoms with Crippen molar-refractivity contribution in [2.24, 2.45) is 0 Å². The number of thiazole rings is 1. The highest BCUT2D eigenvalue weighted by atomic mass is 32.1. The van der Waals surface area contributed by atoms with E-state index in [4.69, 9.17) is 0 Å². The molecule has 1 aromatic carbocycles. The summed E-state index contributed by atoms with van der Waals surface area (Å²) in [5.74, 6) is -0.0821. The zero-order valence-corrected chi connectivity index (χ0v) is 15.3. The van der Waals surface area contributed by atoms with Crippen LogP contribution >= 0.6 is 11.3 Å². The highest BCUT2D eigenvalue weighted by molar-refractivity contribution is 7.11. The molecule has 0 spiro atoms. The van der Waals surface area contributed by atoms with Gasteiger partial charge in [-0.15, -0.1) is 11.3 Å². The van der Waals surface area contributed by atoms with Crippen LogP contribution in [0.3, 0.4) is 0 Å². The van der Waals surface area contributed by atoms with E-state index in [-0.39, 0.29) is 11.6 Å². The summed E-state index contributed by atoms with van der Waals surface area (Å²) in [5, 5.41) is 3.21. The van der Waals surface area contributed by atoms with E-state index < -0.39 is 0 Å². The van der Waals surface area contributed by atoms with Crippen molar-refractivity contribution in [3.8, 4) is 11.1 Å². The molecule has 1 N–H and O–H groups in total. The van der Waals surface area contributed by atoms with Gasteiger partial charge in [0.15, 0.2) is 10.8 Å². The van der Waals surface area contributed by atoms with Gasteiger partial charge in [-0.2, -0.15) is 0 Å². The molecular weight excluding hydrogens is 358 g/mol. The maximum Gasteiger partial charge on any atom is 0.221 e. The summed E-state index contributed by atoms with van der Waals surface area (Å²) in [6, 6.07) is 9.44. The van der Waals surface area contributed by atoms with Gasteiger partial charge in [0.25, 0.3) is 0 Å². The van der Waals surface area contributed by atoms with E-state index in [9.17, 15) is 9.59 Å². The maximum atomic E-state index is 12.4. The largest absolute Gasteiger partial charge is 0.346 e. The summed E-state index contributed by atoms with van der Waals surface area (Å²) in [4.78, 5) is 35.2. The van der Waals surface area contributed by atoms with Crippen molar-refractivity contribution in [1.29, 1.82) is 0 Å². The molecule has 132 valence electrons. The van der Waals surface area contributed by atoms with Crippen LogP contribution in [0.1, 0.15) is 27.9 Å². The molecule has 0 amide bonds. The monoisotopic (exact) mass is 373 g/mol. The number of carbonyl (C=O) groups is 2. The van der Waals surface area contributed by atoms with Gasteiger partial charge < -0.3 is 4.98 Å². The van der Waals surface area contributed by atoms with E-state index in [1.165, 1.54) is 24.3 Å². The number of carbonyl (C=O) groups excluding carboxylic acids is 2. The lowest BCUT2D eigenvalue weighted by Crippen LogP contribution is -1.99. The molecule has 0 atom stereocenters. The average molecular weight is 373 g/mol. The first kappa shape index (κ1) is 17.1. The normalized spacial score (nSPS) is 11.3. The lowest BCUT2D eigenvalue weighted by Gasteiger charge is -2.04. The quantitative estimate of drug-likeness (QED) is 0.412.